The molecular formula is C12H23NO3S. The average Bonchev–Trinajstić information content (AvgIpc) is 2.33. The fourth-order valence-corrected chi connectivity index (χ4v) is 5.42. The van der Waals surface area contributed by atoms with Crippen molar-refractivity contribution in [3.63, 3.8) is 0 Å². The predicted octanol–water partition coefficient (Wildman–Crippen LogP) is 0.968. The highest BCUT2D eigenvalue weighted by atomic mass is 32.2. The van der Waals surface area contributed by atoms with Gasteiger partial charge >= 0.3 is 0 Å². The smallest absolute Gasteiger partial charge is 0.154 e. The molecule has 0 aliphatic carbocycles. The maximum Gasteiger partial charge on any atom is 0.154 e. The third kappa shape index (κ3) is 3.01. The lowest BCUT2D eigenvalue weighted by atomic mass is 9.88. The Bertz CT molecular complexity index is 336. The molecule has 2 aliphatic heterocycles. The minimum atomic E-state index is -2.89. The van der Waals surface area contributed by atoms with Crippen molar-refractivity contribution < 1.29 is 13.2 Å². The molecule has 0 aromatic rings. The zero-order valence-electron chi connectivity index (χ0n) is 10.5. The van der Waals surface area contributed by atoms with Crippen molar-refractivity contribution in [2.24, 2.45) is 5.92 Å². The number of rotatable bonds is 3. The Morgan fingerprint density at radius 3 is 2.47 bits per heavy atom. The minimum absolute atomic E-state index is 0.115. The van der Waals surface area contributed by atoms with E-state index in [0.29, 0.717) is 11.7 Å². The van der Waals surface area contributed by atoms with E-state index >= 15 is 0 Å². The Kier molecular flexibility index (Phi) is 4.44. The van der Waals surface area contributed by atoms with E-state index in [-0.39, 0.29) is 11.3 Å². The van der Waals surface area contributed by atoms with Crippen LogP contribution in [0.4, 0.5) is 0 Å². The van der Waals surface area contributed by atoms with Gasteiger partial charge in [-0.25, -0.2) is 8.42 Å². The van der Waals surface area contributed by atoms with E-state index in [1.54, 1.807) is 0 Å². The second-order valence-corrected chi connectivity index (χ2v) is 7.50. The first kappa shape index (κ1) is 13.3. The Balaban J connectivity index is 2.10. The third-order valence-corrected chi connectivity index (χ3v) is 6.45. The van der Waals surface area contributed by atoms with Crippen molar-refractivity contribution in [3.8, 4) is 0 Å². The fourth-order valence-electron chi connectivity index (χ4n) is 3.18. The van der Waals surface area contributed by atoms with E-state index in [1.807, 2.05) is 7.05 Å². The van der Waals surface area contributed by atoms with Crippen LogP contribution in [-0.2, 0) is 14.6 Å². The van der Waals surface area contributed by atoms with Gasteiger partial charge in [-0.3, -0.25) is 0 Å². The van der Waals surface area contributed by atoms with Crippen LogP contribution in [0.15, 0.2) is 0 Å². The largest absolute Gasteiger partial charge is 0.381 e. The average molecular weight is 261 g/mol. The number of hydrogen-bond acceptors (Lipinski definition) is 4. The molecule has 0 bridgehead atoms. The van der Waals surface area contributed by atoms with Crippen molar-refractivity contribution in [1.29, 1.82) is 0 Å². The van der Waals surface area contributed by atoms with Crippen LogP contribution >= 0.6 is 0 Å². The maximum absolute atomic E-state index is 12.2. The first-order chi connectivity index (χ1) is 8.15. The van der Waals surface area contributed by atoms with Gasteiger partial charge in [0.25, 0.3) is 0 Å². The zero-order chi connectivity index (χ0) is 12.3. The molecule has 2 fully saturated rings. The lowest BCUT2D eigenvalue weighted by Crippen LogP contribution is -2.50. The summed E-state index contributed by atoms with van der Waals surface area (Å²) in [5.41, 5.74) is 0. The van der Waals surface area contributed by atoms with Crippen LogP contribution in [0.2, 0.25) is 0 Å². The summed E-state index contributed by atoms with van der Waals surface area (Å²) in [6.07, 6.45) is 4.68. The molecule has 1 N–H and O–H groups in total. The molecule has 0 radical (unpaired) electrons. The molecule has 0 spiro atoms. The van der Waals surface area contributed by atoms with E-state index in [1.165, 1.54) is 0 Å². The number of nitrogens with one attached hydrogen (secondary N) is 1. The van der Waals surface area contributed by atoms with Gasteiger partial charge in [0, 0.05) is 19.3 Å². The third-order valence-electron chi connectivity index (χ3n) is 4.14. The summed E-state index contributed by atoms with van der Waals surface area (Å²) in [7, 11) is -0.994. The van der Waals surface area contributed by atoms with Gasteiger partial charge < -0.3 is 10.1 Å². The minimum Gasteiger partial charge on any atom is -0.381 e. The number of ether oxygens (including phenoxy) is 1. The molecule has 5 heteroatoms. The lowest BCUT2D eigenvalue weighted by molar-refractivity contribution is 0.0535. The van der Waals surface area contributed by atoms with Crippen LogP contribution in [0, 0.1) is 5.92 Å². The second kappa shape index (κ2) is 5.67. The molecule has 100 valence electrons. The van der Waals surface area contributed by atoms with Gasteiger partial charge in [0.15, 0.2) is 9.84 Å². The Morgan fingerprint density at radius 1 is 1.18 bits per heavy atom. The predicted molar refractivity (Wildman–Crippen MR) is 67.8 cm³/mol. The van der Waals surface area contributed by atoms with Crippen molar-refractivity contribution in [2.45, 2.75) is 43.4 Å². The van der Waals surface area contributed by atoms with Crippen LogP contribution in [0.3, 0.4) is 0 Å². The van der Waals surface area contributed by atoms with Crippen LogP contribution in [-0.4, -0.2) is 45.7 Å². The zero-order valence-corrected chi connectivity index (χ0v) is 11.3. The molecule has 2 heterocycles. The highest BCUT2D eigenvalue weighted by molar-refractivity contribution is 7.92. The summed E-state index contributed by atoms with van der Waals surface area (Å²) in [5.74, 6) is 0.825. The molecule has 2 atom stereocenters. The Labute approximate surface area is 104 Å². The standard InChI is InChI=1S/C12H23NO3S/c1-13-12(10-5-7-16-8-6-10)11-4-2-3-9-17(11,14)15/h10-13H,2-9H2,1H3. The molecule has 2 rings (SSSR count). The normalized spacial score (nSPS) is 32.2. The Hall–Kier alpha value is -0.130. The molecule has 2 saturated heterocycles. The molecule has 0 amide bonds. The molecule has 4 nitrogen and oxygen atoms in total. The van der Waals surface area contributed by atoms with Crippen molar-refractivity contribution in [2.75, 3.05) is 26.0 Å². The summed E-state index contributed by atoms with van der Waals surface area (Å²) in [5, 5.41) is 3.09. The first-order valence-electron chi connectivity index (χ1n) is 6.62. The molecule has 0 aromatic carbocycles. The quantitative estimate of drug-likeness (QED) is 0.822. The topological polar surface area (TPSA) is 55.4 Å². The number of sulfone groups is 1. The van der Waals surface area contributed by atoms with E-state index in [9.17, 15) is 8.42 Å². The van der Waals surface area contributed by atoms with Crippen molar-refractivity contribution in [3.05, 3.63) is 0 Å². The summed E-state index contributed by atoms with van der Waals surface area (Å²) in [4.78, 5) is 0. The van der Waals surface area contributed by atoms with Crippen LogP contribution in [0.1, 0.15) is 32.1 Å². The summed E-state index contributed by atoms with van der Waals surface area (Å²) < 4.78 is 29.7. The van der Waals surface area contributed by atoms with E-state index in [0.717, 1.165) is 45.3 Å². The highest BCUT2D eigenvalue weighted by Crippen LogP contribution is 2.29. The second-order valence-electron chi connectivity index (χ2n) is 5.17. The first-order valence-corrected chi connectivity index (χ1v) is 8.33. The van der Waals surface area contributed by atoms with Gasteiger partial charge in [-0.05, 0) is 38.6 Å². The van der Waals surface area contributed by atoms with Crippen molar-refractivity contribution in [1.82, 2.24) is 5.32 Å². The monoisotopic (exact) mass is 261 g/mol. The fraction of sp³-hybridized carbons (Fsp3) is 1.00. The van der Waals surface area contributed by atoms with E-state index in [2.05, 4.69) is 5.32 Å². The summed E-state index contributed by atoms with van der Waals surface area (Å²) >= 11 is 0. The Morgan fingerprint density at radius 2 is 1.88 bits per heavy atom. The molecule has 2 aliphatic rings. The summed E-state index contributed by atoms with van der Waals surface area (Å²) in [6, 6.07) is 0.115. The van der Waals surface area contributed by atoms with Gasteiger partial charge in [-0.1, -0.05) is 6.42 Å². The van der Waals surface area contributed by atoms with E-state index in [4.69, 9.17) is 4.74 Å². The van der Waals surface area contributed by atoms with Gasteiger partial charge in [0.05, 0.1) is 11.0 Å². The van der Waals surface area contributed by atoms with Crippen molar-refractivity contribution >= 4 is 9.84 Å². The molecule has 17 heavy (non-hydrogen) atoms. The molecule has 2 unspecified atom stereocenters. The molecule has 0 saturated carbocycles. The van der Waals surface area contributed by atoms with Gasteiger partial charge in [-0.15, -0.1) is 0 Å². The molecular weight excluding hydrogens is 238 g/mol. The van der Waals surface area contributed by atoms with Gasteiger partial charge in [-0.2, -0.15) is 0 Å². The van der Waals surface area contributed by atoms with Crippen LogP contribution < -0.4 is 5.32 Å². The summed E-state index contributed by atoms with van der Waals surface area (Å²) in [6.45, 7) is 1.55. The SMILES string of the molecule is CNC(C1CCOCC1)C1CCCCS1(=O)=O. The van der Waals surface area contributed by atoms with Crippen LogP contribution in [0.25, 0.3) is 0 Å². The van der Waals surface area contributed by atoms with Gasteiger partial charge in [0.2, 0.25) is 0 Å². The van der Waals surface area contributed by atoms with Crippen LogP contribution in [0.5, 0.6) is 0 Å². The lowest BCUT2D eigenvalue weighted by Gasteiger charge is -2.37. The van der Waals surface area contributed by atoms with E-state index < -0.39 is 9.84 Å². The van der Waals surface area contributed by atoms with Gasteiger partial charge in [0.1, 0.15) is 0 Å². The highest BCUT2D eigenvalue weighted by Gasteiger charge is 2.38. The maximum atomic E-state index is 12.2. The number of hydrogen-bond donors (Lipinski definition) is 1. The molecule has 0 aromatic heterocycles.